The van der Waals surface area contributed by atoms with Gasteiger partial charge in [0, 0.05) is 12.1 Å². The Balaban J connectivity index is 2.54. The van der Waals surface area contributed by atoms with Crippen molar-refractivity contribution in [3.8, 4) is 5.75 Å². The summed E-state index contributed by atoms with van der Waals surface area (Å²) in [6.07, 6.45) is -0.618. The maximum absolute atomic E-state index is 9.97. The van der Waals surface area contributed by atoms with E-state index < -0.39 is 11.6 Å². The lowest BCUT2D eigenvalue weighted by Crippen LogP contribution is -2.47. The fourth-order valence-corrected chi connectivity index (χ4v) is 1.97. The molecule has 0 fully saturated rings. The summed E-state index contributed by atoms with van der Waals surface area (Å²) in [5.74, 6) is 0.800. The van der Waals surface area contributed by atoms with E-state index in [1.54, 1.807) is 0 Å². The normalized spacial score (nSPS) is 14.0. The summed E-state index contributed by atoms with van der Waals surface area (Å²) in [6.45, 7) is 13.0. The van der Waals surface area contributed by atoms with Gasteiger partial charge in [-0.25, -0.2) is 0 Å². The van der Waals surface area contributed by atoms with Crippen molar-refractivity contribution in [3.05, 3.63) is 29.3 Å². The van der Waals surface area contributed by atoms with Gasteiger partial charge in [0.1, 0.15) is 18.5 Å². The summed E-state index contributed by atoms with van der Waals surface area (Å²) in [5.41, 5.74) is 2.06. The maximum atomic E-state index is 9.97. The first-order chi connectivity index (χ1) is 10.0. The minimum absolute atomic E-state index is 0.0218. The molecule has 1 atom stereocenters. The first-order valence-corrected chi connectivity index (χ1v) is 7.83. The molecule has 0 spiro atoms. The molecule has 1 aromatic carbocycles. The largest absolute Gasteiger partial charge is 0.491 e. The Morgan fingerprint density at radius 2 is 1.82 bits per heavy atom. The first kappa shape index (κ1) is 18.9. The van der Waals surface area contributed by atoms with E-state index in [-0.39, 0.29) is 18.6 Å². The molecule has 4 nitrogen and oxygen atoms in total. The van der Waals surface area contributed by atoms with Crippen LogP contribution >= 0.6 is 0 Å². The van der Waals surface area contributed by atoms with Crippen LogP contribution < -0.4 is 10.1 Å². The number of hydrogen-bond donors (Lipinski definition) is 3. The van der Waals surface area contributed by atoms with E-state index in [0.29, 0.717) is 6.54 Å². The fraction of sp³-hybridized carbons (Fsp3) is 0.667. The second kappa shape index (κ2) is 7.44. The smallest absolute Gasteiger partial charge is 0.122 e. The molecule has 0 heterocycles. The molecule has 0 radical (unpaired) electrons. The number of rotatable bonds is 7. The third kappa shape index (κ3) is 5.95. The van der Waals surface area contributed by atoms with E-state index in [2.05, 4.69) is 38.2 Å². The van der Waals surface area contributed by atoms with Crippen molar-refractivity contribution in [2.24, 2.45) is 0 Å². The van der Waals surface area contributed by atoms with Gasteiger partial charge in [0.2, 0.25) is 0 Å². The third-order valence-electron chi connectivity index (χ3n) is 3.68. The van der Waals surface area contributed by atoms with Crippen molar-refractivity contribution >= 4 is 0 Å². The molecule has 0 aliphatic heterocycles. The SMILES string of the molecule is Cc1cc(C(C)(C)C)ccc1OC[C@H](O)CNC(C)(C)CO. The number of hydrogen-bond acceptors (Lipinski definition) is 4. The molecule has 1 aromatic rings. The molecule has 22 heavy (non-hydrogen) atoms. The van der Waals surface area contributed by atoms with Crippen molar-refractivity contribution in [1.82, 2.24) is 5.32 Å². The minimum atomic E-state index is -0.618. The molecule has 0 unspecified atom stereocenters. The van der Waals surface area contributed by atoms with Gasteiger partial charge in [-0.2, -0.15) is 0 Å². The summed E-state index contributed by atoms with van der Waals surface area (Å²) in [6, 6.07) is 6.17. The number of benzene rings is 1. The van der Waals surface area contributed by atoms with Crippen LogP contribution in [0.1, 0.15) is 45.7 Å². The number of ether oxygens (including phenoxy) is 1. The Labute approximate surface area is 134 Å². The van der Waals surface area contributed by atoms with Gasteiger partial charge in [0.15, 0.2) is 0 Å². The molecular weight excluding hydrogens is 278 g/mol. The van der Waals surface area contributed by atoms with Gasteiger partial charge >= 0.3 is 0 Å². The molecule has 0 aliphatic rings. The van der Waals surface area contributed by atoms with Crippen molar-refractivity contribution in [3.63, 3.8) is 0 Å². The van der Waals surface area contributed by atoms with Gasteiger partial charge in [0.25, 0.3) is 0 Å². The van der Waals surface area contributed by atoms with E-state index in [1.807, 2.05) is 26.8 Å². The number of aliphatic hydroxyl groups excluding tert-OH is 2. The lowest BCUT2D eigenvalue weighted by Gasteiger charge is -2.25. The second-order valence-corrected chi connectivity index (χ2v) is 7.62. The Kier molecular flexibility index (Phi) is 6.41. The van der Waals surface area contributed by atoms with Crippen LogP contribution in [0.2, 0.25) is 0 Å². The van der Waals surface area contributed by atoms with Crippen LogP contribution in [0.15, 0.2) is 18.2 Å². The monoisotopic (exact) mass is 309 g/mol. The number of aryl methyl sites for hydroxylation is 1. The molecule has 3 N–H and O–H groups in total. The highest BCUT2D eigenvalue weighted by atomic mass is 16.5. The minimum Gasteiger partial charge on any atom is -0.491 e. The van der Waals surface area contributed by atoms with Crippen LogP contribution in [-0.2, 0) is 5.41 Å². The number of aliphatic hydroxyl groups is 2. The van der Waals surface area contributed by atoms with E-state index in [9.17, 15) is 5.11 Å². The average molecular weight is 309 g/mol. The van der Waals surface area contributed by atoms with E-state index in [1.165, 1.54) is 5.56 Å². The number of nitrogens with one attached hydrogen (secondary N) is 1. The Bertz CT molecular complexity index is 478. The van der Waals surface area contributed by atoms with Crippen LogP contribution in [0.5, 0.6) is 5.75 Å². The van der Waals surface area contributed by atoms with Crippen molar-refractivity contribution in [1.29, 1.82) is 0 Å². The lowest BCUT2D eigenvalue weighted by molar-refractivity contribution is 0.0904. The standard InChI is InChI=1S/C18H31NO3/c1-13-9-14(17(2,3)4)7-8-16(13)22-11-15(21)10-19-18(5,6)12-20/h7-9,15,19-21H,10-12H2,1-6H3/t15-/m1/s1. The molecule has 0 saturated heterocycles. The highest BCUT2D eigenvalue weighted by Gasteiger charge is 2.18. The zero-order valence-corrected chi connectivity index (χ0v) is 14.7. The Hall–Kier alpha value is -1.10. The maximum Gasteiger partial charge on any atom is 0.122 e. The molecule has 0 aliphatic carbocycles. The van der Waals surface area contributed by atoms with E-state index >= 15 is 0 Å². The summed E-state index contributed by atoms with van der Waals surface area (Å²) in [5, 5.41) is 22.3. The molecule has 1 rings (SSSR count). The van der Waals surface area contributed by atoms with Gasteiger partial charge in [-0.1, -0.05) is 32.9 Å². The summed E-state index contributed by atoms with van der Waals surface area (Å²) in [7, 11) is 0. The van der Waals surface area contributed by atoms with Crippen molar-refractivity contribution in [2.45, 2.75) is 58.6 Å². The van der Waals surface area contributed by atoms with Crippen LogP contribution in [-0.4, -0.2) is 41.6 Å². The second-order valence-electron chi connectivity index (χ2n) is 7.62. The van der Waals surface area contributed by atoms with E-state index in [0.717, 1.165) is 11.3 Å². The Morgan fingerprint density at radius 1 is 1.18 bits per heavy atom. The predicted octanol–water partition coefficient (Wildman–Crippen LogP) is 2.39. The topological polar surface area (TPSA) is 61.7 Å². The molecule has 0 amide bonds. The summed E-state index contributed by atoms with van der Waals surface area (Å²) < 4.78 is 5.71. The average Bonchev–Trinajstić information content (AvgIpc) is 2.43. The van der Waals surface area contributed by atoms with Crippen LogP contribution in [0.3, 0.4) is 0 Å². The third-order valence-corrected chi connectivity index (χ3v) is 3.68. The molecule has 0 aromatic heterocycles. The summed E-state index contributed by atoms with van der Waals surface area (Å²) >= 11 is 0. The van der Waals surface area contributed by atoms with Gasteiger partial charge in [0.05, 0.1) is 6.61 Å². The molecule has 126 valence electrons. The summed E-state index contributed by atoms with van der Waals surface area (Å²) in [4.78, 5) is 0. The first-order valence-electron chi connectivity index (χ1n) is 7.83. The molecule has 0 bridgehead atoms. The highest BCUT2D eigenvalue weighted by Crippen LogP contribution is 2.27. The Morgan fingerprint density at radius 3 is 2.32 bits per heavy atom. The van der Waals surface area contributed by atoms with Gasteiger partial charge in [-0.05, 0) is 43.4 Å². The van der Waals surface area contributed by atoms with Crippen LogP contribution in [0.25, 0.3) is 0 Å². The molecular formula is C18H31NO3. The van der Waals surface area contributed by atoms with Crippen LogP contribution in [0.4, 0.5) is 0 Å². The zero-order valence-electron chi connectivity index (χ0n) is 14.7. The van der Waals surface area contributed by atoms with Gasteiger partial charge < -0.3 is 20.3 Å². The fourth-order valence-electron chi connectivity index (χ4n) is 1.97. The quantitative estimate of drug-likeness (QED) is 0.724. The van der Waals surface area contributed by atoms with Crippen molar-refractivity contribution < 1.29 is 14.9 Å². The lowest BCUT2D eigenvalue weighted by atomic mass is 9.86. The predicted molar refractivity (Wildman–Crippen MR) is 90.5 cm³/mol. The van der Waals surface area contributed by atoms with Crippen molar-refractivity contribution in [2.75, 3.05) is 19.8 Å². The van der Waals surface area contributed by atoms with Crippen LogP contribution in [0, 0.1) is 6.92 Å². The highest BCUT2D eigenvalue weighted by molar-refractivity contribution is 5.38. The number of β-amino-alcohol motifs (C(OH)–C–C–N with tert-alkyl or cyclic N) is 1. The van der Waals surface area contributed by atoms with Gasteiger partial charge in [-0.15, -0.1) is 0 Å². The molecule has 0 saturated carbocycles. The van der Waals surface area contributed by atoms with E-state index in [4.69, 9.17) is 9.84 Å². The van der Waals surface area contributed by atoms with Gasteiger partial charge in [-0.3, -0.25) is 0 Å². The molecule has 4 heteroatoms. The zero-order chi connectivity index (χ0) is 17.0.